The van der Waals surface area contributed by atoms with Crippen molar-refractivity contribution in [2.24, 2.45) is 0 Å². The summed E-state index contributed by atoms with van der Waals surface area (Å²) in [5, 5.41) is 10.2. The summed E-state index contributed by atoms with van der Waals surface area (Å²) in [5.74, 6) is -0.431. The lowest BCUT2D eigenvalue weighted by Gasteiger charge is -2.35. The number of halogens is 3. The van der Waals surface area contributed by atoms with Gasteiger partial charge in [-0.3, -0.25) is 4.79 Å². The Hall–Kier alpha value is -2.68. The van der Waals surface area contributed by atoms with E-state index < -0.39 is 23.9 Å². The number of aromatic nitrogens is 2. The smallest absolute Gasteiger partial charge is 0.378 e. The zero-order chi connectivity index (χ0) is 19.6. The Morgan fingerprint density at radius 1 is 1.11 bits per heavy atom. The first-order chi connectivity index (χ1) is 12.8. The van der Waals surface area contributed by atoms with Gasteiger partial charge in [-0.2, -0.15) is 13.2 Å². The molecule has 1 atom stereocenters. The standard InChI is InChI=1S/C18H19F3N4O2/c1-12-11-14(18(19,20)21)23-17(22-12)25-9-7-24(8-10-25)16(27)15(26)13-5-3-2-4-6-13/h2-6,11,15,26H,7-10H2,1H3/t15-/m1/s1. The highest BCUT2D eigenvalue weighted by Crippen LogP contribution is 2.29. The molecule has 1 aliphatic rings. The molecular weight excluding hydrogens is 361 g/mol. The molecular formula is C18H19F3N4O2. The summed E-state index contributed by atoms with van der Waals surface area (Å²) >= 11 is 0. The Kier molecular flexibility index (Phi) is 5.31. The van der Waals surface area contributed by atoms with Gasteiger partial charge in [0.1, 0.15) is 5.69 Å². The number of nitrogens with zero attached hydrogens (tertiary/aromatic N) is 4. The van der Waals surface area contributed by atoms with Crippen LogP contribution in [0.15, 0.2) is 36.4 Å². The highest BCUT2D eigenvalue weighted by atomic mass is 19.4. The van der Waals surface area contributed by atoms with Crippen LogP contribution in [-0.2, 0) is 11.0 Å². The fourth-order valence-corrected chi connectivity index (χ4v) is 2.92. The van der Waals surface area contributed by atoms with E-state index in [2.05, 4.69) is 9.97 Å². The second kappa shape index (κ2) is 7.51. The van der Waals surface area contributed by atoms with E-state index in [1.54, 1.807) is 35.2 Å². The first-order valence-corrected chi connectivity index (χ1v) is 8.45. The minimum atomic E-state index is -4.54. The molecule has 1 fully saturated rings. The maximum absolute atomic E-state index is 12.9. The van der Waals surface area contributed by atoms with Gasteiger partial charge >= 0.3 is 6.18 Å². The average molecular weight is 380 g/mol. The summed E-state index contributed by atoms with van der Waals surface area (Å²) in [4.78, 5) is 23.3. The molecule has 27 heavy (non-hydrogen) atoms. The molecule has 1 aromatic heterocycles. The van der Waals surface area contributed by atoms with Gasteiger partial charge in [0.2, 0.25) is 5.95 Å². The Morgan fingerprint density at radius 2 is 1.74 bits per heavy atom. The number of carbonyl (C=O) groups is 1. The molecule has 1 saturated heterocycles. The summed E-state index contributed by atoms with van der Waals surface area (Å²) in [5.41, 5.74) is -0.255. The first-order valence-electron chi connectivity index (χ1n) is 8.45. The number of hydrogen-bond donors (Lipinski definition) is 1. The van der Waals surface area contributed by atoms with E-state index in [-0.39, 0.29) is 37.8 Å². The van der Waals surface area contributed by atoms with Crippen LogP contribution in [0.3, 0.4) is 0 Å². The van der Waals surface area contributed by atoms with Crippen molar-refractivity contribution in [2.75, 3.05) is 31.1 Å². The molecule has 1 aromatic carbocycles. The average Bonchev–Trinajstić information content (AvgIpc) is 2.66. The molecule has 1 amide bonds. The van der Waals surface area contributed by atoms with Crippen molar-refractivity contribution in [1.29, 1.82) is 0 Å². The molecule has 0 aliphatic carbocycles. The van der Waals surface area contributed by atoms with E-state index in [1.165, 1.54) is 11.8 Å². The van der Waals surface area contributed by atoms with Gasteiger partial charge in [0.05, 0.1) is 0 Å². The third-order valence-corrected chi connectivity index (χ3v) is 4.36. The molecule has 3 rings (SSSR count). The molecule has 0 radical (unpaired) electrons. The highest BCUT2D eigenvalue weighted by molar-refractivity contribution is 5.82. The number of piperazine rings is 1. The summed E-state index contributed by atoms with van der Waals surface area (Å²) in [7, 11) is 0. The third kappa shape index (κ3) is 4.36. The number of hydrogen-bond acceptors (Lipinski definition) is 5. The number of aliphatic hydroxyl groups excluding tert-OH is 1. The summed E-state index contributed by atoms with van der Waals surface area (Å²) < 4.78 is 38.8. The van der Waals surface area contributed by atoms with E-state index in [0.29, 0.717) is 5.56 Å². The number of anilines is 1. The largest absolute Gasteiger partial charge is 0.433 e. The first kappa shape index (κ1) is 19.1. The van der Waals surface area contributed by atoms with Crippen LogP contribution in [0.1, 0.15) is 23.1 Å². The molecule has 1 N–H and O–H groups in total. The highest BCUT2D eigenvalue weighted by Gasteiger charge is 2.34. The monoisotopic (exact) mass is 380 g/mol. The van der Waals surface area contributed by atoms with Crippen molar-refractivity contribution >= 4 is 11.9 Å². The predicted molar refractivity (Wildman–Crippen MR) is 92.0 cm³/mol. The maximum Gasteiger partial charge on any atom is 0.433 e. The van der Waals surface area contributed by atoms with Crippen molar-refractivity contribution in [1.82, 2.24) is 14.9 Å². The van der Waals surface area contributed by atoms with Crippen molar-refractivity contribution in [2.45, 2.75) is 19.2 Å². The minimum Gasteiger partial charge on any atom is -0.378 e. The van der Waals surface area contributed by atoms with Gasteiger partial charge in [-0.15, -0.1) is 0 Å². The number of rotatable bonds is 3. The molecule has 144 valence electrons. The van der Waals surface area contributed by atoms with Gasteiger partial charge in [0.25, 0.3) is 5.91 Å². The summed E-state index contributed by atoms with van der Waals surface area (Å²) in [6.07, 6.45) is -5.80. The normalized spacial score (nSPS) is 16.3. The van der Waals surface area contributed by atoms with E-state index in [4.69, 9.17) is 0 Å². The molecule has 9 heteroatoms. The zero-order valence-corrected chi connectivity index (χ0v) is 14.6. The quantitative estimate of drug-likeness (QED) is 0.884. The van der Waals surface area contributed by atoms with Crippen molar-refractivity contribution in [3.63, 3.8) is 0 Å². The molecule has 0 bridgehead atoms. The lowest BCUT2D eigenvalue weighted by molar-refractivity contribution is -0.141. The van der Waals surface area contributed by atoms with Crippen molar-refractivity contribution < 1.29 is 23.1 Å². The van der Waals surface area contributed by atoms with Crippen LogP contribution in [0.5, 0.6) is 0 Å². The molecule has 2 aromatic rings. The third-order valence-electron chi connectivity index (χ3n) is 4.36. The second-order valence-corrected chi connectivity index (χ2v) is 6.32. The summed E-state index contributed by atoms with van der Waals surface area (Å²) in [6, 6.07) is 9.49. The zero-order valence-electron chi connectivity index (χ0n) is 14.6. The van der Waals surface area contributed by atoms with Crippen molar-refractivity contribution in [3.8, 4) is 0 Å². The van der Waals surface area contributed by atoms with Gasteiger partial charge < -0.3 is 14.9 Å². The predicted octanol–water partition coefficient (Wildman–Crippen LogP) is 2.19. The van der Waals surface area contributed by atoms with Crippen molar-refractivity contribution in [3.05, 3.63) is 53.3 Å². The Bertz CT molecular complexity index is 806. The van der Waals surface area contributed by atoms with E-state index in [9.17, 15) is 23.1 Å². The number of amides is 1. The van der Waals surface area contributed by atoms with Crippen LogP contribution < -0.4 is 4.90 Å². The van der Waals surface area contributed by atoms with Crippen LogP contribution in [-0.4, -0.2) is 52.1 Å². The molecule has 1 aliphatic heterocycles. The van der Waals surface area contributed by atoms with Crippen LogP contribution in [0.25, 0.3) is 0 Å². The lowest BCUT2D eigenvalue weighted by Crippen LogP contribution is -2.50. The Labute approximate surface area is 154 Å². The topological polar surface area (TPSA) is 69.6 Å². The van der Waals surface area contributed by atoms with E-state index in [0.717, 1.165) is 6.07 Å². The van der Waals surface area contributed by atoms with Crippen LogP contribution in [0.2, 0.25) is 0 Å². The Balaban J connectivity index is 1.67. The van der Waals surface area contributed by atoms with Crippen LogP contribution in [0.4, 0.5) is 19.1 Å². The van der Waals surface area contributed by atoms with Gasteiger partial charge in [-0.1, -0.05) is 30.3 Å². The van der Waals surface area contributed by atoms with Gasteiger partial charge in [0, 0.05) is 31.9 Å². The molecule has 0 unspecified atom stereocenters. The van der Waals surface area contributed by atoms with Crippen LogP contribution >= 0.6 is 0 Å². The SMILES string of the molecule is Cc1cc(C(F)(F)F)nc(N2CCN(C(=O)[C@H](O)c3ccccc3)CC2)n1. The minimum absolute atomic E-state index is 0.00182. The lowest BCUT2D eigenvalue weighted by atomic mass is 10.1. The van der Waals surface area contributed by atoms with Gasteiger partial charge in [-0.05, 0) is 18.6 Å². The number of benzene rings is 1. The molecule has 6 nitrogen and oxygen atoms in total. The number of aryl methyl sites for hydroxylation is 1. The number of alkyl halides is 3. The Morgan fingerprint density at radius 3 is 2.33 bits per heavy atom. The molecule has 2 heterocycles. The van der Waals surface area contributed by atoms with E-state index in [1.807, 2.05) is 0 Å². The summed E-state index contributed by atoms with van der Waals surface area (Å²) in [6.45, 7) is 2.58. The van der Waals surface area contributed by atoms with Crippen LogP contribution in [0, 0.1) is 6.92 Å². The van der Waals surface area contributed by atoms with Gasteiger partial charge in [-0.25, -0.2) is 9.97 Å². The fourth-order valence-electron chi connectivity index (χ4n) is 2.92. The molecule has 0 spiro atoms. The van der Waals surface area contributed by atoms with E-state index >= 15 is 0 Å². The maximum atomic E-state index is 12.9. The second-order valence-electron chi connectivity index (χ2n) is 6.32. The van der Waals surface area contributed by atoms with Gasteiger partial charge in [0.15, 0.2) is 6.10 Å². The number of aliphatic hydroxyl groups is 1. The molecule has 0 saturated carbocycles. The fraction of sp³-hybridized carbons (Fsp3) is 0.389. The number of carbonyl (C=O) groups excluding carboxylic acids is 1.